The molecule has 1 atom stereocenters. The molecular weight excluding hydrogens is 346 g/mol. The Balaban J connectivity index is 2.30. The van der Waals surface area contributed by atoms with Gasteiger partial charge in [-0.25, -0.2) is 0 Å². The van der Waals surface area contributed by atoms with Crippen LogP contribution in [0.2, 0.25) is 5.02 Å². The molecule has 2 N–H and O–H groups in total. The number of nitrogens with zero attached hydrogens (tertiary/aromatic N) is 1. The normalized spacial score (nSPS) is 18.8. The lowest BCUT2D eigenvalue weighted by Gasteiger charge is -2.35. The second kappa shape index (κ2) is 6.56. The molecule has 1 heterocycles. The maximum Gasteiger partial charge on any atom is 0.255 e. The van der Waals surface area contributed by atoms with Crippen LogP contribution in [0.5, 0.6) is 0 Å². The van der Waals surface area contributed by atoms with Crippen molar-refractivity contribution in [2.75, 3.05) is 26.7 Å². The fraction of sp³-hybridized carbons (Fsp3) is 0.385. The Morgan fingerprint density at radius 1 is 1.50 bits per heavy atom. The van der Waals surface area contributed by atoms with Crippen molar-refractivity contribution in [3.63, 3.8) is 0 Å². The van der Waals surface area contributed by atoms with Crippen LogP contribution in [0.1, 0.15) is 10.4 Å². The molecule has 0 aromatic heterocycles. The van der Waals surface area contributed by atoms with Gasteiger partial charge in [0.1, 0.15) is 6.04 Å². The number of rotatable bonds is 2. The highest BCUT2D eigenvalue weighted by molar-refractivity contribution is 9.10. The second-order valence-electron chi connectivity index (χ2n) is 4.46. The van der Waals surface area contributed by atoms with Crippen LogP contribution >= 0.6 is 27.5 Å². The molecule has 2 amide bonds. The zero-order valence-electron chi connectivity index (χ0n) is 11.0. The van der Waals surface area contributed by atoms with Crippen molar-refractivity contribution in [3.05, 3.63) is 33.3 Å². The van der Waals surface area contributed by atoms with Gasteiger partial charge in [-0.3, -0.25) is 9.59 Å². The molecule has 20 heavy (non-hydrogen) atoms. The molecule has 0 spiro atoms. The maximum absolute atomic E-state index is 12.6. The van der Waals surface area contributed by atoms with Crippen LogP contribution in [0.25, 0.3) is 0 Å². The van der Waals surface area contributed by atoms with E-state index in [0.29, 0.717) is 34.7 Å². The zero-order chi connectivity index (χ0) is 14.7. The Labute approximate surface area is 130 Å². The van der Waals surface area contributed by atoms with Crippen molar-refractivity contribution in [2.45, 2.75) is 6.04 Å². The van der Waals surface area contributed by atoms with Crippen LogP contribution < -0.4 is 10.6 Å². The number of nitrogens with one attached hydrogen (secondary N) is 2. The smallest absolute Gasteiger partial charge is 0.255 e. The monoisotopic (exact) mass is 359 g/mol. The highest BCUT2D eigenvalue weighted by Crippen LogP contribution is 2.23. The quantitative estimate of drug-likeness (QED) is 0.835. The molecule has 0 saturated carbocycles. The molecule has 5 nitrogen and oxygen atoms in total. The van der Waals surface area contributed by atoms with E-state index in [0.717, 1.165) is 0 Å². The van der Waals surface area contributed by atoms with E-state index >= 15 is 0 Å². The van der Waals surface area contributed by atoms with E-state index in [1.807, 2.05) is 0 Å². The van der Waals surface area contributed by atoms with Gasteiger partial charge in [-0.1, -0.05) is 11.6 Å². The molecule has 1 aromatic carbocycles. The van der Waals surface area contributed by atoms with Gasteiger partial charge in [-0.15, -0.1) is 0 Å². The standard InChI is InChI=1S/C13H15BrClN3O2/c1-16-12(19)11-7-17-4-5-18(11)13(20)9-6-8(15)2-3-10(9)14/h2-3,6,11,17H,4-5,7H2,1H3,(H,16,19). The molecule has 7 heteroatoms. The van der Waals surface area contributed by atoms with E-state index in [2.05, 4.69) is 26.6 Å². The van der Waals surface area contributed by atoms with Gasteiger partial charge in [-0.05, 0) is 34.1 Å². The Bertz CT molecular complexity index is 538. The summed E-state index contributed by atoms with van der Waals surface area (Å²) in [7, 11) is 1.56. The van der Waals surface area contributed by atoms with Crippen molar-refractivity contribution < 1.29 is 9.59 Å². The van der Waals surface area contributed by atoms with E-state index < -0.39 is 6.04 Å². The number of halogens is 2. The van der Waals surface area contributed by atoms with Crippen molar-refractivity contribution >= 4 is 39.3 Å². The minimum Gasteiger partial charge on any atom is -0.357 e. The first-order valence-corrected chi connectivity index (χ1v) is 7.40. The first-order valence-electron chi connectivity index (χ1n) is 6.23. The third-order valence-corrected chi connectivity index (χ3v) is 4.14. The number of hydrogen-bond donors (Lipinski definition) is 2. The Kier molecular flexibility index (Phi) is 5.01. The summed E-state index contributed by atoms with van der Waals surface area (Å²) in [6.07, 6.45) is 0. The summed E-state index contributed by atoms with van der Waals surface area (Å²) < 4.78 is 0.668. The molecule has 0 aliphatic carbocycles. The minimum atomic E-state index is -0.507. The van der Waals surface area contributed by atoms with Gasteiger partial charge in [0.2, 0.25) is 5.91 Å². The Morgan fingerprint density at radius 2 is 2.25 bits per heavy atom. The van der Waals surface area contributed by atoms with Gasteiger partial charge in [0.05, 0.1) is 5.56 Å². The highest BCUT2D eigenvalue weighted by Gasteiger charge is 2.32. The molecule has 1 fully saturated rings. The van der Waals surface area contributed by atoms with Crippen LogP contribution in [0.15, 0.2) is 22.7 Å². The van der Waals surface area contributed by atoms with Gasteiger partial charge in [-0.2, -0.15) is 0 Å². The molecule has 108 valence electrons. The summed E-state index contributed by atoms with van der Waals surface area (Å²) in [4.78, 5) is 26.1. The molecular formula is C13H15BrClN3O2. The van der Waals surface area contributed by atoms with E-state index in [1.165, 1.54) is 0 Å². The number of hydrogen-bond acceptors (Lipinski definition) is 3. The Hall–Kier alpha value is -1.11. The van der Waals surface area contributed by atoms with Crippen molar-refractivity contribution in [1.82, 2.24) is 15.5 Å². The average molecular weight is 361 g/mol. The summed E-state index contributed by atoms with van der Waals surface area (Å²) in [6.45, 7) is 1.59. The number of amides is 2. The number of carbonyl (C=O) groups excluding carboxylic acids is 2. The highest BCUT2D eigenvalue weighted by atomic mass is 79.9. The fourth-order valence-corrected chi connectivity index (χ4v) is 2.75. The first-order chi connectivity index (χ1) is 9.54. The third kappa shape index (κ3) is 3.13. The maximum atomic E-state index is 12.6. The predicted octanol–water partition coefficient (Wildman–Crippen LogP) is 1.26. The molecule has 1 aromatic rings. The number of benzene rings is 1. The van der Waals surface area contributed by atoms with Gasteiger partial charge < -0.3 is 15.5 Å². The molecule has 1 unspecified atom stereocenters. The molecule has 1 aliphatic rings. The number of carbonyl (C=O) groups is 2. The van der Waals surface area contributed by atoms with Gasteiger partial charge in [0.15, 0.2) is 0 Å². The summed E-state index contributed by atoms with van der Waals surface area (Å²) in [6, 6.07) is 4.53. The van der Waals surface area contributed by atoms with Gasteiger partial charge >= 0.3 is 0 Å². The topological polar surface area (TPSA) is 61.4 Å². The molecule has 0 radical (unpaired) electrons. The van der Waals surface area contributed by atoms with E-state index in [9.17, 15) is 9.59 Å². The molecule has 1 aliphatic heterocycles. The first kappa shape index (κ1) is 15.3. The summed E-state index contributed by atoms with van der Waals surface area (Å²) in [5.74, 6) is -0.377. The van der Waals surface area contributed by atoms with Crippen molar-refractivity contribution in [2.24, 2.45) is 0 Å². The van der Waals surface area contributed by atoms with E-state index in [-0.39, 0.29) is 11.8 Å². The number of likely N-dealkylation sites (N-methyl/N-ethyl adjacent to an activating group) is 1. The van der Waals surface area contributed by atoms with E-state index in [4.69, 9.17) is 11.6 Å². The van der Waals surface area contributed by atoms with Crippen LogP contribution in [0, 0.1) is 0 Å². The van der Waals surface area contributed by atoms with Gasteiger partial charge in [0.25, 0.3) is 5.91 Å². The van der Waals surface area contributed by atoms with Crippen molar-refractivity contribution in [1.29, 1.82) is 0 Å². The van der Waals surface area contributed by atoms with E-state index in [1.54, 1.807) is 30.1 Å². The molecule has 2 rings (SSSR count). The zero-order valence-corrected chi connectivity index (χ0v) is 13.3. The van der Waals surface area contributed by atoms with Crippen LogP contribution in [-0.2, 0) is 4.79 Å². The van der Waals surface area contributed by atoms with Gasteiger partial charge in [0, 0.05) is 36.2 Å². The largest absolute Gasteiger partial charge is 0.357 e. The SMILES string of the molecule is CNC(=O)C1CNCCN1C(=O)c1cc(Cl)ccc1Br. The number of piperazine rings is 1. The molecule has 0 bridgehead atoms. The lowest BCUT2D eigenvalue weighted by molar-refractivity contribution is -0.125. The van der Waals surface area contributed by atoms with Crippen molar-refractivity contribution in [3.8, 4) is 0 Å². The molecule has 1 saturated heterocycles. The van der Waals surface area contributed by atoms with Crippen LogP contribution in [0.3, 0.4) is 0 Å². The third-order valence-electron chi connectivity index (χ3n) is 3.21. The lowest BCUT2D eigenvalue weighted by Crippen LogP contribution is -2.59. The Morgan fingerprint density at radius 3 is 2.95 bits per heavy atom. The summed E-state index contributed by atoms with van der Waals surface area (Å²) in [5, 5.41) is 6.20. The second-order valence-corrected chi connectivity index (χ2v) is 5.75. The fourth-order valence-electron chi connectivity index (χ4n) is 2.16. The summed E-state index contributed by atoms with van der Waals surface area (Å²) >= 11 is 9.29. The van der Waals surface area contributed by atoms with Crippen LogP contribution in [0.4, 0.5) is 0 Å². The predicted molar refractivity (Wildman–Crippen MR) is 80.9 cm³/mol. The lowest BCUT2D eigenvalue weighted by atomic mass is 10.1. The minimum absolute atomic E-state index is 0.177. The van der Waals surface area contributed by atoms with Crippen LogP contribution in [-0.4, -0.2) is 49.4 Å². The average Bonchev–Trinajstić information content (AvgIpc) is 2.48. The summed E-state index contributed by atoms with van der Waals surface area (Å²) in [5.41, 5.74) is 0.466.